The molecule has 0 radical (unpaired) electrons. The molecular formula is C14H18F3N3O3. The zero-order valence-electron chi connectivity index (χ0n) is 12.9. The fraction of sp³-hybridized carbons (Fsp3) is 0.429. The number of halogens is 3. The van der Waals surface area contributed by atoms with Crippen molar-refractivity contribution >= 4 is 17.6 Å². The predicted octanol–water partition coefficient (Wildman–Crippen LogP) is 2.43. The summed E-state index contributed by atoms with van der Waals surface area (Å²) in [5.41, 5.74) is 0.149. The van der Waals surface area contributed by atoms with E-state index in [4.69, 9.17) is 0 Å². The molecule has 0 aromatic heterocycles. The highest BCUT2D eigenvalue weighted by atomic mass is 19.4. The lowest BCUT2D eigenvalue weighted by Gasteiger charge is -2.21. The van der Waals surface area contributed by atoms with Crippen LogP contribution in [0.4, 0.5) is 23.7 Å². The van der Waals surface area contributed by atoms with Gasteiger partial charge in [-0.05, 0) is 12.1 Å². The average Bonchev–Trinajstić information content (AvgIpc) is 2.44. The molecule has 1 atom stereocenters. The van der Waals surface area contributed by atoms with Crippen LogP contribution in [0.1, 0.15) is 6.92 Å². The smallest absolute Gasteiger partial charge is 0.406 e. The number of carbonyl (C=O) groups is 2. The Morgan fingerprint density at radius 3 is 2.57 bits per heavy atom. The highest BCUT2D eigenvalue weighted by molar-refractivity contribution is 5.89. The summed E-state index contributed by atoms with van der Waals surface area (Å²) in [5, 5.41) is 4.91. The van der Waals surface area contributed by atoms with Crippen molar-refractivity contribution in [3.05, 3.63) is 24.3 Å². The highest BCUT2D eigenvalue weighted by Gasteiger charge is 2.31. The summed E-state index contributed by atoms with van der Waals surface area (Å²) in [6.45, 7) is 1.81. The van der Waals surface area contributed by atoms with Crippen LogP contribution in [0.3, 0.4) is 0 Å². The Morgan fingerprint density at radius 2 is 2.00 bits per heavy atom. The van der Waals surface area contributed by atoms with Crippen LogP contribution in [0.25, 0.3) is 0 Å². The maximum absolute atomic E-state index is 12.2. The molecule has 9 heteroatoms. The highest BCUT2D eigenvalue weighted by Crippen LogP contribution is 2.25. The summed E-state index contributed by atoms with van der Waals surface area (Å²) >= 11 is 0. The molecular weight excluding hydrogens is 315 g/mol. The summed E-state index contributed by atoms with van der Waals surface area (Å²) in [4.78, 5) is 24.6. The minimum Gasteiger partial charge on any atom is -0.406 e. The first kappa shape index (κ1) is 18.6. The number of carbonyl (C=O) groups excluding carboxylic acids is 2. The van der Waals surface area contributed by atoms with Gasteiger partial charge in [0.2, 0.25) is 5.91 Å². The molecule has 0 aliphatic rings. The molecule has 0 saturated heterocycles. The number of benzene rings is 1. The third kappa shape index (κ3) is 6.45. The van der Waals surface area contributed by atoms with Crippen molar-refractivity contribution in [1.82, 2.24) is 10.2 Å². The zero-order chi connectivity index (χ0) is 17.6. The monoisotopic (exact) mass is 333 g/mol. The number of hydrogen-bond acceptors (Lipinski definition) is 3. The van der Waals surface area contributed by atoms with Crippen molar-refractivity contribution < 1.29 is 27.5 Å². The number of ether oxygens (including phenoxy) is 1. The predicted molar refractivity (Wildman–Crippen MR) is 78.0 cm³/mol. The van der Waals surface area contributed by atoms with Gasteiger partial charge in [-0.3, -0.25) is 4.79 Å². The van der Waals surface area contributed by atoms with Gasteiger partial charge >= 0.3 is 12.4 Å². The van der Waals surface area contributed by atoms with Crippen LogP contribution >= 0.6 is 0 Å². The molecule has 23 heavy (non-hydrogen) atoms. The topological polar surface area (TPSA) is 70.7 Å². The second-order valence-electron chi connectivity index (χ2n) is 4.90. The quantitative estimate of drug-likeness (QED) is 0.869. The largest absolute Gasteiger partial charge is 0.573 e. The third-order valence-electron chi connectivity index (χ3n) is 2.91. The number of nitrogens with zero attached hydrogens (tertiary/aromatic N) is 1. The molecule has 3 amide bonds. The van der Waals surface area contributed by atoms with E-state index in [1.807, 2.05) is 0 Å². The van der Waals surface area contributed by atoms with E-state index >= 15 is 0 Å². The molecule has 1 aromatic carbocycles. The molecule has 0 heterocycles. The van der Waals surface area contributed by atoms with Gasteiger partial charge in [0.15, 0.2) is 0 Å². The molecule has 2 N–H and O–H groups in total. The molecule has 0 aliphatic heterocycles. The molecule has 0 bridgehead atoms. The standard InChI is InChI=1S/C14H18F3N3O3/c1-9(12(21)18-2)8-20(3)13(22)19-10-5-4-6-11(7-10)23-14(15,16)17/h4-7,9H,8H2,1-3H3,(H,18,21)(H,19,22)/t9-/m1/s1. The van der Waals surface area contributed by atoms with Gasteiger partial charge in [-0.15, -0.1) is 13.2 Å². The van der Waals surface area contributed by atoms with E-state index in [0.29, 0.717) is 0 Å². The van der Waals surface area contributed by atoms with E-state index in [1.54, 1.807) is 6.92 Å². The Hall–Kier alpha value is -2.45. The number of nitrogens with one attached hydrogen (secondary N) is 2. The van der Waals surface area contributed by atoms with E-state index in [-0.39, 0.29) is 18.1 Å². The summed E-state index contributed by atoms with van der Waals surface area (Å²) < 4.78 is 40.3. The van der Waals surface area contributed by atoms with Crippen LogP contribution in [0.15, 0.2) is 24.3 Å². The van der Waals surface area contributed by atoms with E-state index in [1.165, 1.54) is 31.1 Å². The van der Waals surface area contributed by atoms with Crippen molar-refractivity contribution in [3.63, 3.8) is 0 Å². The number of urea groups is 1. The van der Waals surface area contributed by atoms with Crippen molar-refractivity contribution in [1.29, 1.82) is 0 Å². The number of hydrogen-bond donors (Lipinski definition) is 2. The van der Waals surface area contributed by atoms with Crippen molar-refractivity contribution in [2.75, 3.05) is 26.0 Å². The van der Waals surface area contributed by atoms with Gasteiger partial charge in [-0.25, -0.2) is 4.79 Å². The van der Waals surface area contributed by atoms with Gasteiger partial charge in [-0.2, -0.15) is 0 Å². The third-order valence-corrected chi connectivity index (χ3v) is 2.91. The van der Waals surface area contributed by atoms with Gasteiger partial charge in [0.25, 0.3) is 0 Å². The van der Waals surface area contributed by atoms with Crippen molar-refractivity contribution in [3.8, 4) is 5.75 Å². The van der Waals surface area contributed by atoms with E-state index in [0.717, 1.165) is 12.1 Å². The molecule has 128 valence electrons. The number of rotatable bonds is 5. The summed E-state index contributed by atoms with van der Waals surface area (Å²) in [6, 6.07) is 4.38. The van der Waals surface area contributed by atoms with E-state index < -0.39 is 24.1 Å². The van der Waals surface area contributed by atoms with E-state index in [2.05, 4.69) is 15.4 Å². The van der Waals surface area contributed by atoms with Crippen LogP contribution in [0.2, 0.25) is 0 Å². The maximum atomic E-state index is 12.2. The Balaban J connectivity index is 2.66. The van der Waals surface area contributed by atoms with Gasteiger partial charge in [-0.1, -0.05) is 13.0 Å². The summed E-state index contributed by atoms with van der Waals surface area (Å²) in [7, 11) is 2.97. The van der Waals surface area contributed by atoms with Crippen LogP contribution in [0.5, 0.6) is 5.75 Å². The minimum atomic E-state index is -4.80. The Kier molecular flexibility index (Phi) is 6.23. The molecule has 0 fully saturated rings. The van der Waals surface area contributed by atoms with Crippen LogP contribution in [0, 0.1) is 5.92 Å². The normalized spacial score (nSPS) is 12.3. The lowest BCUT2D eigenvalue weighted by molar-refractivity contribution is -0.274. The molecule has 0 aliphatic carbocycles. The number of anilines is 1. The van der Waals surface area contributed by atoms with Gasteiger partial charge in [0, 0.05) is 32.4 Å². The van der Waals surface area contributed by atoms with Crippen LogP contribution < -0.4 is 15.4 Å². The zero-order valence-corrected chi connectivity index (χ0v) is 12.9. The number of alkyl halides is 3. The summed E-state index contributed by atoms with van der Waals surface area (Å²) in [6.07, 6.45) is -4.80. The molecule has 1 aromatic rings. The fourth-order valence-electron chi connectivity index (χ4n) is 1.81. The Morgan fingerprint density at radius 1 is 1.35 bits per heavy atom. The van der Waals surface area contributed by atoms with E-state index in [9.17, 15) is 22.8 Å². The maximum Gasteiger partial charge on any atom is 0.573 e. The van der Waals surface area contributed by atoms with Crippen LogP contribution in [-0.2, 0) is 4.79 Å². The SMILES string of the molecule is CNC(=O)[C@H](C)CN(C)C(=O)Nc1cccc(OC(F)(F)F)c1. The lowest BCUT2D eigenvalue weighted by atomic mass is 10.1. The fourth-order valence-corrected chi connectivity index (χ4v) is 1.81. The first-order chi connectivity index (χ1) is 10.6. The van der Waals surface area contributed by atoms with Gasteiger partial charge in [0.1, 0.15) is 5.75 Å². The van der Waals surface area contributed by atoms with Crippen molar-refractivity contribution in [2.45, 2.75) is 13.3 Å². The number of amides is 3. The second kappa shape index (κ2) is 7.70. The van der Waals surface area contributed by atoms with Gasteiger partial charge < -0.3 is 20.3 Å². The molecule has 6 nitrogen and oxygen atoms in total. The Bertz CT molecular complexity index is 564. The minimum absolute atomic E-state index is 0.149. The first-order valence-electron chi connectivity index (χ1n) is 6.72. The second-order valence-corrected chi connectivity index (χ2v) is 4.90. The molecule has 0 saturated carbocycles. The lowest BCUT2D eigenvalue weighted by Crippen LogP contribution is -2.39. The van der Waals surface area contributed by atoms with Gasteiger partial charge in [0.05, 0.1) is 5.92 Å². The Labute approximate surface area is 131 Å². The molecule has 1 rings (SSSR count). The van der Waals surface area contributed by atoms with Crippen molar-refractivity contribution in [2.24, 2.45) is 5.92 Å². The summed E-state index contributed by atoms with van der Waals surface area (Å²) in [5.74, 6) is -1.07. The first-order valence-corrected chi connectivity index (χ1v) is 6.72. The molecule has 0 spiro atoms. The average molecular weight is 333 g/mol. The molecule has 0 unspecified atom stereocenters. The van der Waals surface area contributed by atoms with Crippen LogP contribution in [-0.4, -0.2) is 43.8 Å².